The van der Waals surface area contributed by atoms with Gasteiger partial charge in [-0.05, 0) is 25.3 Å². The number of β-amino-alcohol motifs (C(OH)–C–C–N with tert-alkyl or cyclic N) is 1. The molecule has 0 aromatic rings. The zero-order valence-electron chi connectivity index (χ0n) is 7.18. The van der Waals surface area contributed by atoms with Gasteiger partial charge >= 0.3 is 0 Å². The van der Waals surface area contributed by atoms with Crippen LogP contribution in [-0.2, 0) is 4.79 Å². The van der Waals surface area contributed by atoms with Crippen molar-refractivity contribution < 1.29 is 9.90 Å². The van der Waals surface area contributed by atoms with Crippen LogP contribution in [0.25, 0.3) is 0 Å². The third-order valence-corrected chi connectivity index (χ3v) is 3.17. The molecular formula is C9H15NO2. The largest absolute Gasteiger partial charge is 0.388 e. The van der Waals surface area contributed by atoms with Crippen molar-refractivity contribution >= 4 is 5.78 Å². The second-order valence-electron chi connectivity index (χ2n) is 4.01. The summed E-state index contributed by atoms with van der Waals surface area (Å²) in [5, 5.41) is 13.3. The smallest absolute Gasteiger partial charge is 0.133 e. The molecule has 1 aliphatic heterocycles. The Kier molecular flexibility index (Phi) is 1.93. The van der Waals surface area contributed by atoms with Gasteiger partial charge in [-0.25, -0.2) is 0 Å². The molecule has 3 heteroatoms. The van der Waals surface area contributed by atoms with E-state index >= 15 is 0 Å². The summed E-state index contributed by atoms with van der Waals surface area (Å²) in [7, 11) is 0. The normalized spacial score (nSPS) is 42.4. The average molecular weight is 169 g/mol. The lowest BCUT2D eigenvalue weighted by molar-refractivity contribution is -0.132. The van der Waals surface area contributed by atoms with E-state index in [0.717, 1.165) is 13.0 Å². The number of rotatable bonds is 0. The lowest BCUT2D eigenvalue weighted by Crippen LogP contribution is -2.54. The molecule has 1 saturated heterocycles. The highest BCUT2D eigenvalue weighted by Crippen LogP contribution is 2.35. The Morgan fingerprint density at radius 1 is 1.58 bits per heavy atom. The molecule has 0 aromatic heterocycles. The Labute approximate surface area is 72.2 Å². The fourth-order valence-corrected chi connectivity index (χ4v) is 2.31. The number of carbonyl (C=O) groups is 1. The zero-order chi connectivity index (χ0) is 8.60. The number of Topliss-reactive ketones (excluding diaryl/α,β-unsaturated/α-hetero) is 1. The molecule has 3 nitrogen and oxygen atoms in total. The Balaban J connectivity index is 2.11. The van der Waals surface area contributed by atoms with Crippen molar-refractivity contribution in [1.29, 1.82) is 0 Å². The Morgan fingerprint density at radius 3 is 3.25 bits per heavy atom. The van der Waals surface area contributed by atoms with Crippen LogP contribution in [0.1, 0.15) is 25.7 Å². The number of piperidine rings is 1. The van der Waals surface area contributed by atoms with Gasteiger partial charge in [0.15, 0.2) is 0 Å². The first-order chi connectivity index (χ1) is 5.71. The third kappa shape index (κ3) is 1.27. The van der Waals surface area contributed by atoms with Gasteiger partial charge in [-0.15, -0.1) is 0 Å². The van der Waals surface area contributed by atoms with Crippen molar-refractivity contribution in [3.8, 4) is 0 Å². The number of nitrogens with one attached hydrogen (secondary N) is 1. The second-order valence-corrected chi connectivity index (χ2v) is 4.01. The van der Waals surface area contributed by atoms with Crippen LogP contribution in [0.4, 0.5) is 0 Å². The van der Waals surface area contributed by atoms with E-state index in [1.165, 1.54) is 0 Å². The van der Waals surface area contributed by atoms with Crippen LogP contribution >= 0.6 is 0 Å². The molecule has 1 heterocycles. The quantitative estimate of drug-likeness (QED) is 0.540. The lowest BCUT2D eigenvalue weighted by Gasteiger charge is -2.43. The minimum Gasteiger partial charge on any atom is -0.388 e. The molecule has 2 rings (SSSR count). The molecule has 2 aliphatic rings. The van der Waals surface area contributed by atoms with Gasteiger partial charge in [-0.3, -0.25) is 4.79 Å². The molecule has 0 spiro atoms. The number of ketones is 1. The molecule has 68 valence electrons. The van der Waals surface area contributed by atoms with Gasteiger partial charge in [-0.2, -0.15) is 0 Å². The molecular weight excluding hydrogens is 154 g/mol. The van der Waals surface area contributed by atoms with E-state index in [4.69, 9.17) is 0 Å². The van der Waals surface area contributed by atoms with Crippen molar-refractivity contribution in [2.24, 2.45) is 5.92 Å². The molecule has 0 unspecified atom stereocenters. The molecule has 2 fully saturated rings. The fraction of sp³-hybridized carbons (Fsp3) is 0.889. The molecule has 0 bridgehead atoms. The molecule has 0 amide bonds. The van der Waals surface area contributed by atoms with E-state index in [9.17, 15) is 9.90 Å². The second kappa shape index (κ2) is 2.82. The molecule has 12 heavy (non-hydrogen) atoms. The van der Waals surface area contributed by atoms with Crippen LogP contribution in [-0.4, -0.2) is 29.6 Å². The summed E-state index contributed by atoms with van der Waals surface area (Å²) in [4.78, 5) is 11.1. The summed E-state index contributed by atoms with van der Waals surface area (Å²) >= 11 is 0. The SMILES string of the molecule is O=C1CC[C@]2(O)CNCC[C@H]2C1. The van der Waals surface area contributed by atoms with Gasteiger partial charge in [-0.1, -0.05) is 0 Å². The average Bonchev–Trinajstić information content (AvgIpc) is 2.06. The lowest BCUT2D eigenvalue weighted by atomic mass is 9.71. The van der Waals surface area contributed by atoms with E-state index < -0.39 is 5.60 Å². The van der Waals surface area contributed by atoms with Crippen molar-refractivity contribution in [2.45, 2.75) is 31.3 Å². The van der Waals surface area contributed by atoms with E-state index in [2.05, 4.69) is 5.32 Å². The van der Waals surface area contributed by atoms with E-state index in [0.29, 0.717) is 31.6 Å². The number of carbonyl (C=O) groups excluding carboxylic acids is 1. The summed E-state index contributed by atoms with van der Waals surface area (Å²) in [5.74, 6) is 0.548. The summed E-state index contributed by atoms with van der Waals surface area (Å²) in [6.45, 7) is 1.62. The van der Waals surface area contributed by atoms with E-state index in [1.54, 1.807) is 0 Å². The van der Waals surface area contributed by atoms with Crippen LogP contribution in [0.15, 0.2) is 0 Å². The maximum Gasteiger partial charge on any atom is 0.133 e. The van der Waals surface area contributed by atoms with Crippen molar-refractivity contribution in [3.05, 3.63) is 0 Å². The van der Waals surface area contributed by atoms with Gasteiger partial charge in [0, 0.05) is 19.4 Å². The van der Waals surface area contributed by atoms with Crippen LogP contribution in [0.2, 0.25) is 0 Å². The first-order valence-electron chi connectivity index (χ1n) is 4.65. The minimum absolute atomic E-state index is 0.222. The number of aliphatic hydroxyl groups is 1. The topological polar surface area (TPSA) is 49.3 Å². The van der Waals surface area contributed by atoms with Crippen molar-refractivity contribution in [1.82, 2.24) is 5.32 Å². The standard InChI is InChI=1S/C9H15NO2/c11-8-1-3-9(12)6-10-4-2-7(9)5-8/h7,10,12H,1-6H2/t7-,9-/m0/s1. The van der Waals surface area contributed by atoms with Crippen LogP contribution < -0.4 is 5.32 Å². The number of hydrogen-bond donors (Lipinski definition) is 2. The Morgan fingerprint density at radius 2 is 2.42 bits per heavy atom. The maximum atomic E-state index is 11.1. The predicted molar refractivity (Wildman–Crippen MR) is 44.8 cm³/mol. The van der Waals surface area contributed by atoms with Crippen molar-refractivity contribution in [3.63, 3.8) is 0 Å². The molecule has 0 aromatic carbocycles. The van der Waals surface area contributed by atoms with Crippen LogP contribution in [0.3, 0.4) is 0 Å². The number of hydrogen-bond acceptors (Lipinski definition) is 3. The Hall–Kier alpha value is -0.410. The summed E-state index contributed by atoms with van der Waals surface area (Å²) in [6.07, 6.45) is 2.76. The van der Waals surface area contributed by atoms with Gasteiger partial charge in [0.25, 0.3) is 0 Å². The zero-order valence-corrected chi connectivity index (χ0v) is 7.18. The molecule has 2 atom stereocenters. The fourth-order valence-electron chi connectivity index (χ4n) is 2.31. The highest BCUT2D eigenvalue weighted by Gasteiger charge is 2.42. The maximum absolute atomic E-state index is 11.1. The highest BCUT2D eigenvalue weighted by molar-refractivity contribution is 5.79. The molecule has 2 N–H and O–H groups in total. The van der Waals surface area contributed by atoms with Crippen LogP contribution in [0, 0.1) is 5.92 Å². The first-order valence-corrected chi connectivity index (χ1v) is 4.65. The van der Waals surface area contributed by atoms with E-state index in [-0.39, 0.29) is 5.92 Å². The summed E-state index contributed by atoms with van der Waals surface area (Å²) in [6, 6.07) is 0. The highest BCUT2D eigenvalue weighted by atomic mass is 16.3. The summed E-state index contributed by atoms with van der Waals surface area (Å²) in [5.41, 5.74) is -0.577. The van der Waals surface area contributed by atoms with Crippen LogP contribution in [0.5, 0.6) is 0 Å². The number of fused-ring (bicyclic) bond motifs is 1. The van der Waals surface area contributed by atoms with Gasteiger partial charge in [0.2, 0.25) is 0 Å². The predicted octanol–water partition coefficient (Wildman–Crippen LogP) is 0.0800. The Bertz CT molecular complexity index is 205. The van der Waals surface area contributed by atoms with Crippen molar-refractivity contribution in [2.75, 3.05) is 13.1 Å². The third-order valence-electron chi connectivity index (χ3n) is 3.17. The van der Waals surface area contributed by atoms with Gasteiger partial charge < -0.3 is 10.4 Å². The van der Waals surface area contributed by atoms with Gasteiger partial charge in [0.1, 0.15) is 5.78 Å². The molecule has 1 aliphatic carbocycles. The monoisotopic (exact) mass is 169 g/mol. The first kappa shape index (κ1) is 8.20. The summed E-state index contributed by atoms with van der Waals surface area (Å²) < 4.78 is 0. The minimum atomic E-state index is -0.577. The molecule has 1 saturated carbocycles. The molecule has 0 radical (unpaired) electrons. The van der Waals surface area contributed by atoms with E-state index in [1.807, 2.05) is 0 Å². The van der Waals surface area contributed by atoms with Gasteiger partial charge in [0.05, 0.1) is 5.60 Å².